The molecule has 96 valence electrons. The number of hydrogen-bond donors (Lipinski definition) is 2. The van der Waals surface area contributed by atoms with Crippen molar-refractivity contribution in [3.8, 4) is 0 Å². The highest BCUT2D eigenvalue weighted by Crippen LogP contribution is 2.34. The van der Waals surface area contributed by atoms with Crippen molar-refractivity contribution in [1.29, 1.82) is 0 Å². The summed E-state index contributed by atoms with van der Waals surface area (Å²) in [5.74, 6) is -0.886. The van der Waals surface area contributed by atoms with Crippen molar-refractivity contribution < 1.29 is 14.7 Å². The summed E-state index contributed by atoms with van der Waals surface area (Å²) in [6.07, 6.45) is 5.34. The lowest BCUT2D eigenvalue weighted by atomic mass is 10.1. The van der Waals surface area contributed by atoms with E-state index in [-0.39, 0.29) is 11.6 Å². The molecule has 1 saturated heterocycles. The molecule has 1 unspecified atom stereocenters. The second kappa shape index (κ2) is 4.55. The van der Waals surface area contributed by atoms with Crippen LogP contribution >= 0.6 is 0 Å². The zero-order valence-corrected chi connectivity index (χ0v) is 10.2. The van der Waals surface area contributed by atoms with E-state index in [4.69, 9.17) is 0 Å². The molecule has 0 radical (unpaired) electrons. The molecule has 17 heavy (non-hydrogen) atoms. The molecule has 0 aromatic heterocycles. The summed E-state index contributed by atoms with van der Waals surface area (Å²) < 4.78 is 0. The summed E-state index contributed by atoms with van der Waals surface area (Å²) in [5, 5.41) is 12.1. The summed E-state index contributed by atoms with van der Waals surface area (Å²) >= 11 is 0. The minimum absolute atomic E-state index is 0.0908. The number of amides is 2. The lowest BCUT2D eigenvalue weighted by Crippen LogP contribution is -2.51. The van der Waals surface area contributed by atoms with E-state index in [1.807, 2.05) is 6.92 Å². The van der Waals surface area contributed by atoms with Gasteiger partial charge in [0.05, 0.1) is 0 Å². The molecule has 1 atom stereocenters. The van der Waals surface area contributed by atoms with Crippen LogP contribution in [0.5, 0.6) is 0 Å². The van der Waals surface area contributed by atoms with Crippen LogP contribution in [0.2, 0.25) is 0 Å². The van der Waals surface area contributed by atoms with Gasteiger partial charge in [0.1, 0.15) is 6.04 Å². The van der Waals surface area contributed by atoms with E-state index in [0.717, 1.165) is 32.1 Å². The number of likely N-dealkylation sites (tertiary alicyclic amines) is 1. The van der Waals surface area contributed by atoms with Gasteiger partial charge < -0.3 is 15.3 Å². The van der Waals surface area contributed by atoms with Gasteiger partial charge in [-0.15, -0.1) is 0 Å². The predicted octanol–water partition coefficient (Wildman–Crippen LogP) is 1.58. The van der Waals surface area contributed by atoms with Gasteiger partial charge in [0.25, 0.3) is 0 Å². The largest absolute Gasteiger partial charge is 0.480 e. The molecule has 2 fully saturated rings. The second-order valence-corrected chi connectivity index (χ2v) is 5.39. The van der Waals surface area contributed by atoms with E-state index in [2.05, 4.69) is 5.32 Å². The summed E-state index contributed by atoms with van der Waals surface area (Å²) in [6, 6.07) is -0.862. The van der Waals surface area contributed by atoms with Crippen molar-refractivity contribution in [2.24, 2.45) is 0 Å². The number of rotatable bonds is 2. The van der Waals surface area contributed by atoms with Gasteiger partial charge >= 0.3 is 12.0 Å². The van der Waals surface area contributed by atoms with Crippen LogP contribution in [0.15, 0.2) is 0 Å². The Hall–Kier alpha value is -1.26. The van der Waals surface area contributed by atoms with Crippen LogP contribution in [0.1, 0.15) is 45.4 Å². The molecule has 1 heterocycles. The van der Waals surface area contributed by atoms with Gasteiger partial charge in [-0.2, -0.15) is 0 Å². The van der Waals surface area contributed by atoms with Gasteiger partial charge in [-0.1, -0.05) is 12.8 Å². The van der Waals surface area contributed by atoms with Gasteiger partial charge in [0.2, 0.25) is 0 Å². The Morgan fingerprint density at radius 3 is 2.59 bits per heavy atom. The Bertz CT molecular complexity index is 326. The third-order valence-corrected chi connectivity index (χ3v) is 3.71. The van der Waals surface area contributed by atoms with E-state index in [1.165, 1.54) is 4.90 Å². The summed E-state index contributed by atoms with van der Waals surface area (Å²) in [4.78, 5) is 24.8. The molecule has 1 aliphatic heterocycles. The smallest absolute Gasteiger partial charge is 0.326 e. The maximum Gasteiger partial charge on any atom is 0.326 e. The van der Waals surface area contributed by atoms with Crippen molar-refractivity contribution in [2.75, 3.05) is 6.54 Å². The third kappa shape index (κ3) is 2.90. The molecular formula is C12H20N2O3. The number of nitrogens with zero attached hydrogens (tertiary/aromatic N) is 1. The molecule has 0 spiro atoms. The monoisotopic (exact) mass is 240 g/mol. The van der Waals surface area contributed by atoms with Gasteiger partial charge in [-0.25, -0.2) is 9.59 Å². The van der Waals surface area contributed by atoms with Crippen molar-refractivity contribution >= 4 is 12.0 Å². The highest BCUT2D eigenvalue weighted by molar-refractivity contribution is 5.83. The quantitative estimate of drug-likeness (QED) is 0.770. The number of carbonyl (C=O) groups is 2. The average Bonchev–Trinajstić information content (AvgIpc) is 3.00. The number of urea groups is 1. The van der Waals surface area contributed by atoms with E-state index in [0.29, 0.717) is 13.0 Å². The Balaban J connectivity index is 2.03. The lowest BCUT2D eigenvalue weighted by Gasteiger charge is -2.28. The number of carbonyl (C=O) groups excluding carboxylic acids is 1. The first-order valence-corrected chi connectivity index (χ1v) is 6.33. The lowest BCUT2D eigenvalue weighted by molar-refractivity contribution is -0.142. The zero-order valence-electron chi connectivity index (χ0n) is 10.2. The molecule has 2 amide bonds. The fraction of sp³-hybridized carbons (Fsp3) is 0.833. The molecular weight excluding hydrogens is 220 g/mol. The normalized spacial score (nSPS) is 27.1. The van der Waals surface area contributed by atoms with Crippen LogP contribution in [0.3, 0.4) is 0 Å². The van der Waals surface area contributed by atoms with Crippen molar-refractivity contribution in [2.45, 2.75) is 57.0 Å². The number of hydrogen-bond acceptors (Lipinski definition) is 2. The van der Waals surface area contributed by atoms with Crippen LogP contribution < -0.4 is 5.32 Å². The van der Waals surface area contributed by atoms with Crippen LogP contribution in [-0.4, -0.2) is 40.1 Å². The first-order valence-electron chi connectivity index (χ1n) is 6.33. The van der Waals surface area contributed by atoms with Crippen LogP contribution in [-0.2, 0) is 4.79 Å². The maximum absolute atomic E-state index is 12.1. The molecule has 2 rings (SSSR count). The van der Waals surface area contributed by atoms with Gasteiger partial charge in [-0.3, -0.25) is 0 Å². The van der Waals surface area contributed by atoms with Gasteiger partial charge in [0, 0.05) is 12.1 Å². The summed E-state index contributed by atoms with van der Waals surface area (Å²) in [5.41, 5.74) is -0.0908. The zero-order chi connectivity index (χ0) is 12.5. The van der Waals surface area contributed by atoms with E-state index < -0.39 is 12.0 Å². The van der Waals surface area contributed by atoms with Crippen molar-refractivity contribution in [3.05, 3.63) is 0 Å². The van der Waals surface area contributed by atoms with E-state index >= 15 is 0 Å². The average molecular weight is 240 g/mol. The third-order valence-electron chi connectivity index (χ3n) is 3.71. The molecule has 0 bridgehead atoms. The molecule has 5 nitrogen and oxygen atoms in total. The highest BCUT2D eigenvalue weighted by atomic mass is 16.4. The SMILES string of the molecule is CC1(NC(=O)N2CCCCCC2C(=O)O)CC1. The highest BCUT2D eigenvalue weighted by Gasteiger charge is 2.41. The minimum Gasteiger partial charge on any atom is -0.480 e. The first-order chi connectivity index (χ1) is 8.02. The molecule has 0 aromatic rings. The van der Waals surface area contributed by atoms with Crippen LogP contribution in [0, 0.1) is 0 Å². The van der Waals surface area contributed by atoms with E-state index in [1.54, 1.807) is 0 Å². The number of aliphatic carboxylic acids is 1. The predicted molar refractivity (Wildman–Crippen MR) is 62.8 cm³/mol. The first kappa shape index (κ1) is 12.2. The Labute approximate surface area is 101 Å². The van der Waals surface area contributed by atoms with Crippen LogP contribution in [0.4, 0.5) is 4.79 Å². The number of carboxylic acid groups (broad SMARTS) is 1. The van der Waals surface area contributed by atoms with Crippen LogP contribution in [0.25, 0.3) is 0 Å². The standard InChI is InChI=1S/C12H20N2O3/c1-12(6-7-12)13-11(17)14-8-4-2-3-5-9(14)10(15)16/h9H,2-8H2,1H3,(H,13,17)(H,15,16). The molecule has 2 N–H and O–H groups in total. The maximum atomic E-state index is 12.1. The second-order valence-electron chi connectivity index (χ2n) is 5.39. The van der Waals surface area contributed by atoms with Gasteiger partial charge in [-0.05, 0) is 32.6 Å². The molecule has 0 aromatic carbocycles. The molecule has 1 aliphatic carbocycles. The fourth-order valence-corrected chi connectivity index (χ4v) is 2.25. The Kier molecular flexibility index (Phi) is 3.26. The summed E-state index contributed by atoms with van der Waals surface area (Å²) in [6.45, 7) is 2.55. The Morgan fingerprint density at radius 2 is 2.00 bits per heavy atom. The molecule has 1 saturated carbocycles. The van der Waals surface area contributed by atoms with Gasteiger partial charge in [0.15, 0.2) is 0 Å². The Morgan fingerprint density at radius 1 is 1.29 bits per heavy atom. The number of carboxylic acids is 1. The molecule has 2 aliphatic rings. The van der Waals surface area contributed by atoms with Crippen molar-refractivity contribution in [1.82, 2.24) is 10.2 Å². The van der Waals surface area contributed by atoms with Crippen molar-refractivity contribution in [3.63, 3.8) is 0 Å². The topological polar surface area (TPSA) is 69.6 Å². The number of nitrogens with one attached hydrogen (secondary N) is 1. The van der Waals surface area contributed by atoms with E-state index in [9.17, 15) is 14.7 Å². The molecule has 5 heteroatoms. The minimum atomic E-state index is -0.886. The fourth-order valence-electron chi connectivity index (χ4n) is 2.25. The summed E-state index contributed by atoms with van der Waals surface area (Å²) in [7, 11) is 0.